The van der Waals surface area contributed by atoms with Crippen molar-refractivity contribution in [1.82, 2.24) is 9.78 Å². The Labute approximate surface area is 152 Å². The maximum atomic E-state index is 12.3. The number of hydrogen-bond donors (Lipinski definition) is 2. The van der Waals surface area contributed by atoms with Crippen LogP contribution >= 0.6 is 0 Å². The molecule has 7 heteroatoms. The van der Waals surface area contributed by atoms with E-state index >= 15 is 0 Å². The smallest absolute Gasteiger partial charge is 0.341 e. The lowest BCUT2D eigenvalue weighted by molar-refractivity contribution is -0.116. The number of carbonyl (C=O) groups excluding carboxylic acids is 2. The van der Waals surface area contributed by atoms with Gasteiger partial charge >= 0.3 is 5.97 Å². The summed E-state index contributed by atoms with van der Waals surface area (Å²) in [5.74, 6) is -0.469. The van der Waals surface area contributed by atoms with Gasteiger partial charge in [0.1, 0.15) is 17.1 Å². The molecule has 1 amide bonds. The summed E-state index contributed by atoms with van der Waals surface area (Å²) in [4.78, 5) is 24.2. The zero-order chi connectivity index (χ0) is 19.2. The van der Waals surface area contributed by atoms with E-state index in [1.54, 1.807) is 23.9 Å². The van der Waals surface area contributed by atoms with Crippen LogP contribution in [0.2, 0.25) is 0 Å². The largest absolute Gasteiger partial charge is 0.507 e. The highest BCUT2D eigenvalue weighted by molar-refractivity contribution is 5.95. The molecule has 1 atom stereocenters. The van der Waals surface area contributed by atoms with E-state index in [0.717, 1.165) is 16.8 Å². The molecule has 1 aliphatic heterocycles. The van der Waals surface area contributed by atoms with Crippen molar-refractivity contribution >= 4 is 17.7 Å². The average Bonchev–Trinajstić information content (AvgIpc) is 2.91. The molecule has 0 fully saturated rings. The fraction of sp³-hybridized carbons (Fsp3) is 0.421. The number of methoxy groups -OCH3 is 1. The number of nitrogens with zero attached hydrogens (tertiary/aromatic N) is 2. The Hall–Kier alpha value is -2.83. The van der Waals surface area contributed by atoms with E-state index in [-0.39, 0.29) is 35.0 Å². The second kappa shape index (κ2) is 6.16. The predicted octanol–water partition coefficient (Wildman–Crippen LogP) is 2.68. The molecular weight excluding hydrogens is 334 g/mol. The molecule has 7 nitrogen and oxygen atoms in total. The van der Waals surface area contributed by atoms with Crippen LogP contribution in [0.1, 0.15) is 60.3 Å². The first-order valence-electron chi connectivity index (χ1n) is 8.42. The summed E-state index contributed by atoms with van der Waals surface area (Å²) in [6.45, 7) is 6.21. The van der Waals surface area contributed by atoms with Gasteiger partial charge in [-0.2, -0.15) is 5.10 Å². The molecule has 0 spiro atoms. The van der Waals surface area contributed by atoms with Crippen LogP contribution in [0.5, 0.6) is 5.75 Å². The first-order valence-corrected chi connectivity index (χ1v) is 8.42. The van der Waals surface area contributed by atoms with Crippen LogP contribution in [-0.2, 0) is 22.0 Å². The first kappa shape index (κ1) is 18.0. The molecule has 0 unspecified atom stereocenters. The number of phenols is 1. The maximum absolute atomic E-state index is 12.3. The van der Waals surface area contributed by atoms with Gasteiger partial charge in [-0.25, -0.2) is 4.79 Å². The topological polar surface area (TPSA) is 93.5 Å². The standard InChI is InChI=1S/C19H23N3O4/c1-19(2,3)16-15-11(9-14(24)20-17(15)22(4)21-16)10-6-7-13(23)12(8-10)18(25)26-5/h6-8,11,23H,9H2,1-5H3,(H,20,24)/t11-/m1/s1. The maximum Gasteiger partial charge on any atom is 0.341 e. The van der Waals surface area contributed by atoms with E-state index in [1.807, 2.05) is 0 Å². The molecule has 0 radical (unpaired) electrons. The minimum absolute atomic E-state index is 0.0822. The zero-order valence-corrected chi connectivity index (χ0v) is 15.6. The monoisotopic (exact) mass is 357 g/mol. The number of hydrogen-bond acceptors (Lipinski definition) is 5. The van der Waals surface area contributed by atoms with Gasteiger partial charge in [0.05, 0.1) is 12.8 Å². The van der Waals surface area contributed by atoms with Crippen LogP contribution in [0.3, 0.4) is 0 Å². The van der Waals surface area contributed by atoms with Gasteiger partial charge in [0.15, 0.2) is 0 Å². The number of aromatic hydroxyl groups is 1. The van der Waals surface area contributed by atoms with Crippen molar-refractivity contribution in [3.8, 4) is 5.75 Å². The molecule has 0 saturated heterocycles. The van der Waals surface area contributed by atoms with E-state index in [2.05, 4.69) is 31.2 Å². The highest BCUT2D eigenvalue weighted by atomic mass is 16.5. The van der Waals surface area contributed by atoms with Crippen molar-refractivity contribution in [3.05, 3.63) is 40.6 Å². The minimum Gasteiger partial charge on any atom is -0.507 e. The van der Waals surface area contributed by atoms with Crippen molar-refractivity contribution < 1.29 is 19.4 Å². The van der Waals surface area contributed by atoms with E-state index in [4.69, 9.17) is 4.74 Å². The molecular formula is C19H23N3O4. The number of nitrogens with one attached hydrogen (secondary N) is 1. The minimum atomic E-state index is -0.618. The van der Waals surface area contributed by atoms with Crippen LogP contribution < -0.4 is 5.32 Å². The number of fused-ring (bicyclic) bond motifs is 1. The second-order valence-electron chi connectivity index (χ2n) is 7.56. The third-order valence-electron chi connectivity index (χ3n) is 4.62. The third kappa shape index (κ3) is 2.94. The lowest BCUT2D eigenvalue weighted by Gasteiger charge is -2.27. The number of phenolic OH excluding ortho intramolecular Hbond substituents is 1. The van der Waals surface area contributed by atoms with Gasteiger partial charge in [-0.05, 0) is 17.7 Å². The summed E-state index contributed by atoms with van der Waals surface area (Å²) in [7, 11) is 3.06. The van der Waals surface area contributed by atoms with Crippen molar-refractivity contribution in [2.24, 2.45) is 7.05 Å². The fourth-order valence-corrected chi connectivity index (χ4v) is 3.37. The van der Waals surface area contributed by atoms with Crippen LogP contribution in [0, 0.1) is 0 Å². The molecule has 2 aromatic rings. The zero-order valence-electron chi connectivity index (χ0n) is 15.6. The summed E-state index contributed by atoms with van der Waals surface area (Å²) in [5, 5.41) is 17.5. The quantitative estimate of drug-likeness (QED) is 0.806. The molecule has 26 heavy (non-hydrogen) atoms. The summed E-state index contributed by atoms with van der Waals surface area (Å²) in [6.07, 6.45) is 0.243. The lowest BCUT2D eigenvalue weighted by Crippen LogP contribution is -2.26. The van der Waals surface area contributed by atoms with Gasteiger partial charge in [-0.3, -0.25) is 9.48 Å². The number of aromatic nitrogens is 2. The lowest BCUT2D eigenvalue weighted by atomic mass is 9.79. The van der Waals surface area contributed by atoms with Crippen LogP contribution in [0.4, 0.5) is 5.82 Å². The molecule has 0 bridgehead atoms. The van der Waals surface area contributed by atoms with Gasteiger partial charge in [0.25, 0.3) is 0 Å². The Morgan fingerprint density at radius 1 is 1.38 bits per heavy atom. The highest BCUT2D eigenvalue weighted by Crippen LogP contribution is 2.43. The van der Waals surface area contributed by atoms with E-state index in [9.17, 15) is 14.7 Å². The van der Waals surface area contributed by atoms with Crippen LogP contribution in [0.15, 0.2) is 18.2 Å². The number of anilines is 1. The van der Waals surface area contributed by atoms with Gasteiger partial charge in [-0.1, -0.05) is 26.8 Å². The van der Waals surface area contributed by atoms with E-state index in [1.165, 1.54) is 13.2 Å². The van der Waals surface area contributed by atoms with Crippen molar-refractivity contribution in [2.75, 3.05) is 12.4 Å². The predicted molar refractivity (Wildman–Crippen MR) is 96.4 cm³/mol. The summed E-state index contributed by atoms with van der Waals surface area (Å²) in [5.41, 5.74) is 2.47. The Morgan fingerprint density at radius 2 is 2.08 bits per heavy atom. The number of aryl methyl sites for hydroxylation is 1. The molecule has 3 rings (SSSR count). The molecule has 138 valence electrons. The summed E-state index contributed by atoms with van der Waals surface area (Å²) < 4.78 is 6.42. The Kier molecular flexibility index (Phi) is 4.26. The van der Waals surface area contributed by atoms with Crippen molar-refractivity contribution in [2.45, 2.75) is 38.5 Å². The number of ether oxygens (including phenoxy) is 1. The number of carbonyl (C=O) groups is 2. The highest BCUT2D eigenvalue weighted by Gasteiger charge is 2.36. The van der Waals surface area contributed by atoms with Crippen LogP contribution in [-0.4, -0.2) is 33.9 Å². The molecule has 2 N–H and O–H groups in total. The normalized spacial score (nSPS) is 16.8. The van der Waals surface area contributed by atoms with Gasteiger partial charge in [-0.15, -0.1) is 0 Å². The Bertz CT molecular complexity index is 893. The number of rotatable bonds is 2. The summed E-state index contributed by atoms with van der Waals surface area (Å²) in [6, 6.07) is 4.78. The number of benzene rings is 1. The van der Waals surface area contributed by atoms with Gasteiger partial charge in [0.2, 0.25) is 5.91 Å². The molecule has 0 saturated carbocycles. The number of amides is 1. The third-order valence-corrected chi connectivity index (χ3v) is 4.62. The average molecular weight is 357 g/mol. The molecule has 1 aromatic heterocycles. The van der Waals surface area contributed by atoms with Crippen molar-refractivity contribution in [3.63, 3.8) is 0 Å². The first-order chi connectivity index (χ1) is 12.1. The summed E-state index contributed by atoms with van der Waals surface area (Å²) >= 11 is 0. The van der Waals surface area contributed by atoms with Gasteiger partial charge < -0.3 is 15.2 Å². The Balaban J connectivity index is 2.20. The fourth-order valence-electron chi connectivity index (χ4n) is 3.37. The molecule has 2 heterocycles. The van der Waals surface area contributed by atoms with Crippen molar-refractivity contribution in [1.29, 1.82) is 0 Å². The van der Waals surface area contributed by atoms with Gasteiger partial charge in [0, 0.05) is 30.4 Å². The molecule has 1 aliphatic rings. The SMILES string of the molecule is COC(=O)c1cc([C@H]2CC(=O)Nc3c2c(C(C)(C)C)nn3C)ccc1O. The molecule has 1 aromatic carbocycles. The molecule has 0 aliphatic carbocycles. The second-order valence-corrected chi connectivity index (χ2v) is 7.56. The van der Waals surface area contributed by atoms with E-state index < -0.39 is 5.97 Å². The van der Waals surface area contributed by atoms with Crippen LogP contribution in [0.25, 0.3) is 0 Å². The Morgan fingerprint density at radius 3 is 2.69 bits per heavy atom. The van der Waals surface area contributed by atoms with E-state index in [0.29, 0.717) is 5.82 Å². The number of esters is 1.